The molecule has 0 fully saturated rings. The van der Waals surface area contributed by atoms with Gasteiger partial charge in [0, 0.05) is 0 Å². The van der Waals surface area contributed by atoms with Crippen molar-refractivity contribution in [2.45, 2.75) is 12.8 Å². The van der Waals surface area contributed by atoms with Gasteiger partial charge in [0.25, 0.3) is 0 Å². The Hall–Kier alpha value is -2.76. The third-order valence-corrected chi connectivity index (χ3v) is 2.85. The van der Waals surface area contributed by atoms with Crippen LogP contribution in [0.5, 0.6) is 5.75 Å². The average Bonchev–Trinajstić information content (AvgIpc) is 2.48. The second kappa shape index (κ2) is 6.60. The maximum Gasteiger partial charge on any atom is 0.344 e. The van der Waals surface area contributed by atoms with Gasteiger partial charge in [-0.25, -0.2) is 9.59 Å². The van der Waals surface area contributed by atoms with E-state index < -0.39 is 18.7 Å². The summed E-state index contributed by atoms with van der Waals surface area (Å²) in [6.07, 6.45) is 4.37. The van der Waals surface area contributed by atoms with Crippen molar-refractivity contribution in [2.24, 2.45) is 0 Å². The van der Waals surface area contributed by atoms with Gasteiger partial charge in [-0.05, 0) is 31.1 Å². The van der Waals surface area contributed by atoms with E-state index in [9.17, 15) is 19.8 Å². The molecule has 0 aromatic heterocycles. The minimum Gasteiger partial charge on any atom is -0.507 e. The number of benzene rings is 1. The average molecular weight is 290 g/mol. The Balaban J connectivity index is 1.86. The lowest BCUT2D eigenvalue weighted by Gasteiger charge is -2.11. The standard InChI is InChI=1S/C15H14O6/c16-12-7-3-1-5-10(12)14(18)20-9-21-15(19)11-6-2-4-8-13(11)17/h1,3,5-8,16-17H,2,4,9H2. The minimum atomic E-state index is -0.807. The topological polar surface area (TPSA) is 93.1 Å². The van der Waals surface area contributed by atoms with Gasteiger partial charge >= 0.3 is 11.9 Å². The Morgan fingerprint density at radius 2 is 1.67 bits per heavy atom. The lowest BCUT2D eigenvalue weighted by Crippen LogP contribution is -2.16. The van der Waals surface area contributed by atoms with Crippen LogP contribution in [-0.4, -0.2) is 28.9 Å². The molecule has 1 aliphatic carbocycles. The van der Waals surface area contributed by atoms with Gasteiger partial charge in [0.1, 0.15) is 17.1 Å². The summed E-state index contributed by atoms with van der Waals surface area (Å²) in [7, 11) is 0. The van der Waals surface area contributed by atoms with Gasteiger partial charge in [0.05, 0.1) is 5.57 Å². The molecule has 1 aliphatic rings. The molecule has 0 heterocycles. The van der Waals surface area contributed by atoms with Crippen LogP contribution in [0.15, 0.2) is 47.7 Å². The molecule has 2 rings (SSSR count). The van der Waals surface area contributed by atoms with Crippen LogP contribution in [0.1, 0.15) is 23.2 Å². The van der Waals surface area contributed by atoms with E-state index in [2.05, 4.69) is 0 Å². The zero-order chi connectivity index (χ0) is 15.2. The van der Waals surface area contributed by atoms with Crippen LogP contribution in [0.2, 0.25) is 0 Å². The fourth-order valence-electron chi connectivity index (χ4n) is 1.79. The number of phenolic OH excluding ortho intramolecular Hbond substituents is 1. The van der Waals surface area contributed by atoms with Crippen molar-refractivity contribution in [2.75, 3.05) is 6.79 Å². The van der Waals surface area contributed by atoms with Gasteiger partial charge in [-0.2, -0.15) is 0 Å². The highest BCUT2D eigenvalue weighted by molar-refractivity contribution is 5.93. The maximum absolute atomic E-state index is 11.7. The van der Waals surface area contributed by atoms with E-state index in [0.29, 0.717) is 12.8 Å². The summed E-state index contributed by atoms with van der Waals surface area (Å²) in [5, 5.41) is 19.0. The lowest BCUT2D eigenvalue weighted by atomic mass is 10.1. The van der Waals surface area contributed by atoms with Gasteiger partial charge in [-0.1, -0.05) is 18.2 Å². The van der Waals surface area contributed by atoms with Crippen molar-refractivity contribution in [3.8, 4) is 5.75 Å². The predicted molar refractivity (Wildman–Crippen MR) is 72.5 cm³/mol. The first-order chi connectivity index (χ1) is 10.1. The largest absolute Gasteiger partial charge is 0.507 e. The molecular weight excluding hydrogens is 276 g/mol. The first-order valence-corrected chi connectivity index (χ1v) is 6.31. The van der Waals surface area contributed by atoms with Crippen LogP contribution in [0.3, 0.4) is 0 Å². The van der Waals surface area contributed by atoms with Gasteiger partial charge in [0.15, 0.2) is 0 Å². The van der Waals surface area contributed by atoms with E-state index in [0.717, 1.165) is 0 Å². The van der Waals surface area contributed by atoms with Crippen molar-refractivity contribution in [1.82, 2.24) is 0 Å². The van der Waals surface area contributed by atoms with E-state index >= 15 is 0 Å². The fraction of sp³-hybridized carbons (Fsp3) is 0.200. The van der Waals surface area contributed by atoms with Crippen LogP contribution in [0, 0.1) is 0 Å². The monoisotopic (exact) mass is 290 g/mol. The van der Waals surface area contributed by atoms with Crippen molar-refractivity contribution >= 4 is 11.9 Å². The van der Waals surface area contributed by atoms with Crippen LogP contribution in [0.4, 0.5) is 0 Å². The number of carbonyl (C=O) groups is 2. The van der Waals surface area contributed by atoms with E-state index in [4.69, 9.17) is 9.47 Å². The number of aromatic hydroxyl groups is 1. The van der Waals surface area contributed by atoms with Crippen molar-refractivity contribution < 1.29 is 29.3 Å². The highest BCUT2D eigenvalue weighted by Gasteiger charge is 2.18. The molecule has 0 aliphatic heterocycles. The zero-order valence-corrected chi connectivity index (χ0v) is 11.1. The molecule has 1 aromatic carbocycles. The first-order valence-electron chi connectivity index (χ1n) is 6.31. The molecule has 110 valence electrons. The Kier molecular flexibility index (Phi) is 4.61. The Morgan fingerprint density at radius 1 is 1.00 bits per heavy atom. The number of phenols is 1. The summed E-state index contributed by atoms with van der Waals surface area (Å²) in [6.45, 7) is -0.601. The van der Waals surface area contributed by atoms with E-state index in [1.54, 1.807) is 18.2 Å². The molecule has 0 radical (unpaired) electrons. The third kappa shape index (κ3) is 3.62. The minimum absolute atomic E-state index is 0.0202. The second-order valence-electron chi connectivity index (χ2n) is 4.28. The molecular formula is C15H14O6. The van der Waals surface area contributed by atoms with Crippen molar-refractivity contribution in [3.63, 3.8) is 0 Å². The molecule has 6 heteroatoms. The Labute approximate surface area is 120 Å². The summed E-state index contributed by atoms with van der Waals surface area (Å²) in [5.41, 5.74) is 0.0352. The summed E-state index contributed by atoms with van der Waals surface area (Å²) in [4.78, 5) is 23.3. The molecule has 0 saturated carbocycles. The Morgan fingerprint density at radius 3 is 2.38 bits per heavy atom. The molecule has 21 heavy (non-hydrogen) atoms. The molecule has 1 aromatic rings. The highest BCUT2D eigenvalue weighted by atomic mass is 16.7. The lowest BCUT2D eigenvalue weighted by molar-refractivity contribution is -0.147. The number of aliphatic hydroxyl groups excluding tert-OH is 1. The van der Waals surface area contributed by atoms with Gasteiger partial charge in [0.2, 0.25) is 6.79 Å². The number of carbonyl (C=O) groups excluding carboxylic acids is 2. The molecule has 6 nitrogen and oxygen atoms in total. The summed E-state index contributed by atoms with van der Waals surface area (Å²) >= 11 is 0. The van der Waals surface area contributed by atoms with Crippen molar-refractivity contribution in [3.05, 3.63) is 53.3 Å². The van der Waals surface area contributed by atoms with Gasteiger partial charge < -0.3 is 19.7 Å². The quantitative estimate of drug-likeness (QED) is 0.652. The number of aliphatic hydroxyl groups is 1. The molecule has 0 atom stereocenters. The van der Waals surface area contributed by atoms with Crippen LogP contribution in [-0.2, 0) is 14.3 Å². The number of rotatable bonds is 4. The smallest absolute Gasteiger partial charge is 0.344 e. The van der Waals surface area contributed by atoms with E-state index in [1.807, 2.05) is 0 Å². The normalized spacial score (nSPS) is 13.9. The van der Waals surface area contributed by atoms with Crippen LogP contribution >= 0.6 is 0 Å². The van der Waals surface area contributed by atoms with Crippen molar-refractivity contribution in [1.29, 1.82) is 0 Å². The number of esters is 2. The summed E-state index contributed by atoms with van der Waals surface area (Å²) in [5.74, 6) is -1.94. The molecule has 0 saturated heterocycles. The van der Waals surface area contributed by atoms with Crippen LogP contribution < -0.4 is 0 Å². The summed E-state index contributed by atoms with van der Waals surface area (Å²) < 4.78 is 9.49. The third-order valence-electron chi connectivity index (χ3n) is 2.85. The zero-order valence-electron chi connectivity index (χ0n) is 11.1. The maximum atomic E-state index is 11.7. The molecule has 0 unspecified atom stereocenters. The molecule has 2 N–H and O–H groups in total. The highest BCUT2D eigenvalue weighted by Crippen LogP contribution is 2.18. The Bertz CT molecular complexity index is 614. The first kappa shape index (κ1) is 14.6. The van der Waals surface area contributed by atoms with E-state index in [1.165, 1.54) is 18.2 Å². The van der Waals surface area contributed by atoms with Gasteiger partial charge in [-0.3, -0.25) is 0 Å². The SMILES string of the molecule is O=C(OCOC(=O)c1ccccc1O)C1=CCCC=C1O. The number of allylic oxidation sites excluding steroid dienone is 2. The fourth-order valence-corrected chi connectivity index (χ4v) is 1.79. The number of para-hydroxylation sites is 1. The second-order valence-corrected chi connectivity index (χ2v) is 4.28. The molecule has 0 bridgehead atoms. The molecule has 0 amide bonds. The van der Waals surface area contributed by atoms with Gasteiger partial charge in [-0.15, -0.1) is 0 Å². The van der Waals surface area contributed by atoms with Crippen LogP contribution in [0.25, 0.3) is 0 Å². The number of hydrogen-bond acceptors (Lipinski definition) is 6. The molecule has 0 spiro atoms. The summed E-state index contributed by atoms with van der Waals surface area (Å²) in [6, 6.07) is 5.87. The predicted octanol–water partition coefficient (Wildman–Crippen LogP) is 2.21. The number of ether oxygens (including phenoxy) is 2. The van der Waals surface area contributed by atoms with E-state index in [-0.39, 0.29) is 22.6 Å². The number of hydrogen-bond donors (Lipinski definition) is 2.